The molecule has 0 amide bonds. The highest BCUT2D eigenvalue weighted by Gasteiger charge is 1.94. The van der Waals surface area contributed by atoms with Gasteiger partial charge in [0.25, 0.3) is 0 Å². The average Bonchev–Trinajstić information content (AvgIpc) is 1.85. The monoisotopic (exact) mass is 144 g/mol. The van der Waals surface area contributed by atoms with Gasteiger partial charge in [0.2, 0.25) is 0 Å². The first-order valence-electron chi connectivity index (χ1n) is 3.13. The van der Waals surface area contributed by atoms with Gasteiger partial charge in [-0.15, -0.1) is 0 Å². The molecule has 1 unspecified atom stereocenters. The quantitative estimate of drug-likeness (QED) is 0.480. The Morgan fingerprint density at radius 2 is 2.44 bits per heavy atom. The molecule has 0 heterocycles. The Balaban J connectivity index is 3.26. The number of isothiocyanates is 1. The Hall–Kier alpha value is -0.240. The summed E-state index contributed by atoms with van der Waals surface area (Å²) in [5, 5.41) is 2.26. The lowest BCUT2D eigenvalue weighted by Crippen LogP contribution is -2.15. The number of thiocarbonyl (C=S) groups is 1. The van der Waals surface area contributed by atoms with Crippen LogP contribution in [0.2, 0.25) is 0 Å². The van der Waals surface area contributed by atoms with E-state index in [0.717, 1.165) is 19.3 Å². The lowest BCUT2D eigenvalue weighted by molar-refractivity contribution is 0.600. The maximum absolute atomic E-state index is 5.47. The van der Waals surface area contributed by atoms with Gasteiger partial charge in [-0.2, -0.15) is 0 Å². The second-order valence-electron chi connectivity index (χ2n) is 1.93. The molecule has 9 heavy (non-hydrogen) atoms. The van der Waals surface area contributed by atoms with E-state index in [2.05, 4.69) is 29.3 Å². The fraction of sp³-hybridized carbons (Fsp3) is 0.833. The summed E-state index contributed by atoms with van der Waals surface area (Å²) in [6, 6.07) is 0. The predicted molar refractivity (Wildman–Crippen MR) is 42.5 cm³/mol. The van der Waals surface area contributed by atoms with Crippen LogP contribution in [0.1, 0.15) is 26.2 Å². The highest BCUT2D eigenvalue weighted by Crippen LogP contribution is 1.97. The van der Waals surface area contributed by atoms with E-state index in [-0.39, 0.29) is 6.17 Å². The van der Waals surface area contributed by atoms with Crippen molar-refractivity contribution in [2.24, 2.45) is 10.7 Å². The minimum atomic E-state index is -0.123. The standard InChI is InChI=1S/C6H12N2S/c1-2-3-4-6(7)8-5-9/h6H,2-4,7H2,1H3. The molecule has 0 radical (unpaired) electrons. The van der Waals surface area contributed by atoms with Gasteiger partial charge in [0.15, 0.2) is 0 Å². The molecule has 52 valence electrons. The Bertz CT molecular complexity index is 108. The van der Waals surface area contributed by atoms with Crippen molar-refractivity contribution in [3.8, 4) is 0 Å². The molecule has 0 aromatic heterocycles. The summed E-state index contributed by atoms with van der Waals surface area (Å²) in [5.41, 5.74) is 5.47. The van der Waals surface area contributed by atoms with Crippen molar-refractivity contribution in [2.75, 3.05) is 0 Å². The van der Waals surface area contributed by atoms with Crippen molar-refractivity contribution in [1.29, 1.82) is 0 Å². The van der Waals surface area contributed by atoms with E-state index >= 15 is 0 Å². The van der Waals surface area contributed by atoms with E-state index in [1.807, 2.05) is 0 Å². The van der Waals surface area contributed by atoms with E-state index < -0.39 is 0 Å². The SMILES string of the molecule is CCCCC(N)N=C=S. The molecular formula is C6H12N2S. The summed E-state index contributed by atoms with van der Waals surface area (Å²) in [5.74, 6) is 0. The molecule has 0 aromatic rings. The zero-order valence-electron chi connectivity index (χ0n) is 5.63. The van der Waals surface area contributed by atoms with Gasteiger partial charge in [0.05, 0.1) is 5.16 Å². The van der Waals surface area contributed by atoms with Crippen LogP contribution < -0.4 is 5.73 Å². The number of nitrogens with zero attached hydrogens (tertiary/aromatic N) is 1. The van der Waals surface area contributed by atoms with Gasteiger partial charge < -0.3 is 5.73 Å². The number of hydrogen-bond donors (Lipinski definition) is 1. The van der Waals surface area contributed by atoms with Gasteiger partial charge >= 0.3 is 0 Å². The molecular weight excluding hydrogens is 132 g/mol. The molecule has 0 saturated heterocycles. The molecule has 0 aliphatic rings. The van der Waals surface area contributed by atoms with Crippen LogP contribution in [0.25, 0.3) is 0 Å². The maximum Gasteiger partial charge on any atom is 0.107 e. The second kappa shape index (κ2) is 5.89. The predicted octanol–water partition coefficient (Wildman–Crippen LogP) is 1.56. The number of nitrogens with two attached hydrogens (primary N) is 1. The maximum atomic E-state index is 5.47. The topological polar surface area (TPSA) is 38.4 Å². The van der Waals surface area contributed by atoms with Crippen molar-refractivity contribution in [1.82, 2.24) is 0 Å². The van der Waals surface area contributed by atoms with Gasteiger partial charge in [-0.3, -0.25) is 0 Å². The van der Waals surface area contributed by atoms with Crippen LogP contribution >= 0.6 is 12.2 Å². The summed E-state index contributed by atoms with van der Waals surface area (Å²) >= 11 is 4.38. The van der Waals surface area contributed by atoms with E-state index in [4.69, 9.17) is 5.73 Å². The zero-order valence-corrected chi connectivity index (χ0v) is 6.45. The molecule has 1 atom stereocenters. The lowest BCUT2D eigenvalue weighted by Gasteiger charge is -2.00. The average molecular weight is 144 g/mol. The molecule has 0 rings (SSSR count). The third-order valence-corrected chi connectivity index (χ3v) is 1.18. The van der Waals surface area contributed by atoms with Gasteiger partial charge in [0, 0.05) is 0 Å². The fourth-order valence-electron chi connectivity index (χ4n) is 0.546. The summed E-state index contributed by atoms with van der Waals surface area (Å²) in [4.78, 5) is 3.70. The molecule has 0 fully saturated rings. The Labute approximate surface area is 61.2 Å². The number of aliphatic imine (C=N–C) groups is 1. The summed E-state index contributed by atoms with van der Waals surface area (Å²) in [6.07, 6.45) is 3.06. The van der Waals surface area contributed by atoms with Crippen molar-refractivity contribution >= 4 is 17.4 Å². The number of unbranched alkanes of at least 4 members (excludes halogenated alkanes) is 1. The van der Waals surface area contributed by atoms with Crippen LogP contribution in [0.3, 0.4) is 0 Å². The molecule has 3 heteroatoms. The summed E-state index contributed by atoms with van der Waals surface area (Å²) < 4.78 is 0. The minimum Gasteiger partial charge on any atom is -0.309 e. The third kappa shape index (κ3) is 5.63. The van der Waals surface area contributed by atoms with Gasteiger partial charge in [-0.25, -0.2) is 4.99 Å². The van der Waals surface area contributed by atoms with Crippen molar-refractivity contribution in [2.45, 2.75) is 32.4 Å². The second-order valence-corrected chi connectivity index (χ2v) is 2.11. The number of rotatable bonds is 4. The fourth-order valence-corrected chi connectivity index (χ4v) is 0.681. The van der Waals surface area contributed by atoms with E-state index in [1.54, 1.807) is 0 Å². The van der Waals surface area contributed by atoms with E-state index in [1.165, 1.54) is 0 Å². The van der Waals surface area contributed by atoms with Gasteiger partial charge in [-0.1, -0.05) is 19.8 Å². The van der Waals surface area contributed by atoms with Crippen molar-refractivity contribution in [3.63, 3.8) is 0 Å². The Morgan fingerprint density at radius 1 is 1.78 bits per heavy atom. The van der Waals surface area contributed by atoms with E-state index in [9.17, 15) is 0 Å². The number of hydrogen-bond acceptors (Lipinski definition) is 3. The van der Waals surface area contributed by atoms with Gasteiger partial charge in [-0.05, 0) is 18.6 Å². The lowest BCUT2D eigenvalue weighted by atomic mass is 10.2. The first-order chi connectivity index (χ1) is 4.31. The molecule has 0 bridgehead atoms. The highest BCUT2D eigenvalue weighted by atomic mass is 32.1. The van der Waals surface area contributed by atoms with Crippen LogP contribution in [0.5, 0.6) is 0 Å². The first-order valence-corrected chi connectivity index (χ1v) is 3.54. The van der Waals surface area contributed by atoms with Crippen LogP contribution in [0.15, 0.2) is 4.99 Å². The smallest absolute Gasteiger partial charge is 0.107 e. The Morgan fingerprint density at radius 3 is 2.89 bits per heavy atom. The molecule has 0 aliphatic carbocycles. The first kappa shape index (κ1) is 8.76. The van der Waals surface area contributed by atoms with Crippen molar-refractivity contribution in [3.05, 3.63) is 0 Å². The van der Waals surface area contributed by atoms with Crippen LogP contribution in [0, 0.1) is 0 Å². The normalized spacial score (nSPS) is 12.2. The van der Waals surface area contributed by atoms with Gasteiger partial charge in [0.1, 0.15) is 6.17 Å². The minimum absolute atomic E-state index is 0.123. The zero-order chi connectivity index (χ0) is 7.11. The van der Waals surface area contributed by atoms with Crippen molar-refractivity contribution < 1.29 is 0 Å². The third-order valence-electron chi connectivity index (χ3n) is 1.07. The molecule has 0 aliphatic heterocycles. The van der Waals surface area contributed by atoms with Crippen LogP contribution in [-0.4, -0.2) is 11.3 Å². The Kier molecular flexibility index (Phi) is 5.73. The molecule has 2 nitrogen and oxygen atoms in total. The van der Waals surface area contributed by atoms with Crippen LogP contribution in [0.4, 0.5) is 0 Å². The molecule has 0 saturated carbocycles. The highest BCUT2D eigenvalue weighted by molar-refractivity contribution is 7.78. The molecule has 0 aromatic carbocycles. The molecule has 2 N–H and O–H groups in total. The largest absolute Gasteiger partial charge is 0.309 e. The summed E-state index contributed by atoms with van der Waals surface area (Å²) in [7, 11) is 0. The molecule has 0 spiro atoms. The van der Waals surface area contributed by atoms with Crippen LogP contribution in [-0.2, 0) is 0 Å². The summed E-state index contributed by atoms with van der Waals surface area (Å²) in [6.45, 7) is 2.12. The van der Waals surface area contributed by atoms with E-state index in [0.29, 0.717) is 0 Å².